The number of aromatic nitrogens is 1. The van der Waals surface area contributed by atoms with E-state index in [0.717, 1.165) is 5.56 Å². The van der Waals surface area contributed by atoms with Crippen molar-refractivity contribution in [2.75, 3.05) is 36.8 Å². The van der Waals surface area contributed by atoms with Crippen LogP contribution in [-0.4, -0.2) is 52.6 Å². The van der Waals surface area contributed by atoms with Gasteiger partial charge in [-0.1, -0.05) is 29.3 Å². The number of hydrogen-bond acceptors (Lipinski definition) is 6. The van der Waals surface area contributed by atoms with E-state index in [2.05, 4.69) is 4.98 Å². The van der Waals surface area contributed by atoms with Crippen LogP contribution >= 0.6 is 35.0 Å². The van der Waals surface area contributed by atoms with E-state index in [9.17, 15) is 14.9 Å². The van der Waals surface area contributed by atoms with Crippen molar-refractivity contribution in [3.8, 4) is 0 Å². The first-order valence-electron chi connectivity index (χ1n) is 8.59. The number of anilines is 1. The molecule has 148 valence electrons. The minimum absolute atomic E-state index is 0.0321. The third-order valence-corrected chi connectivity index (χ3v) is 5.95. The summed E-state index contributed by atoms with van der Waals surface area (Å²) < 4.78 is 0. The minimum atomic E-state index is -0.470. The zero-order chi connectivity index (χ0) is 20.1. The van der Waals surface area contributed by atoms with E-state index in [1.165, 1.54) is 24.0 Å². The Morgan fingerprint density at radius 1 is 1.18 bits per heavy atom. The molecule has 0 unspecified atom stereocenters. The zero-order valence-corrected chi connectivity index (χ0v) is 17.2. The topological polar surface area (TPSA) is 79.6 Å². The Balaban J connectivity index is 1.45. The zero-order valence-electron chi connectivity index (χ0n) is 14.9. The Bertz CT molecular complexity index is 858. The molecule has 1 aliphatic rings. The molecule has 7 nitrogen and oxygen atoms in total. The summed E-state index contributed by atoms with van der Waals surface area (Å²) in [6.45, 7) is 2.48. The normalized spacial score (nSPS) is 14.2. The fourth-order valence-electron chi connectivity index (χ4n) is 2.84. The summed E-state index contributed by atoms with van der Waals surface area (Å²) >= 11 is 13.6. The molecule has 1 fully saturated rings. The van der Waals surface area contributed by atoms with E-state index in [0.29, 0.717) is 53.5 Å². The van der Waals surface area contributed by atoms with Crippen LogP contribution < -0.4 is 4.90 Å². The molecule has 0 saturated carbocycles. The lowest BCUT2D eigenvalue weighted by atomic mass is 10.2. The predicted molar refractivity (Wildman–Crippen MR) is 112 cm³/mol. The first-order valence-corrected chi connectivity index (χ1v) is 10.5. The van der Waals surface area contributed by atoms with Crippen molar-refractivity contribution in [2.24, 2.45) is 0 Å². The number of thioether (sulfide) groups is 1. The van der Waals surface area contributed by atoms with Gasteiger partial charge in [0.2, 0.25) is 5.91 Å². The second kappa shape index (κ2) is 9.45. The number of nitrogens with zero attached hydrogens (tertiary/aromatic N) is 4. The van der Waals surface area contributed by atoms with Crippen molar-refractivity contribution >= 4 is 52.4 Å². The second-order valence-electron chi connectivity index (χ2n) is 6.23. The smallest absolute Gasteiger partial charge is 0.287 e. The van der Waals surface area contributed by atoms with E-state index >= 15 is 0 Å². The number of benzene rings is 1. The van der Waals surface area contributed by atoms with Gasteiger partial charge in [0.15, 0.2) is 0 Å². The summed E-state index contributed by atoms with van der Waals surface area (Å²) in [6, 6.07) is 8.45. The maximum Gasteiger partial charge on any atom is 0.287 e. The van der Waals surface area contributed by atoms with Gasteiger partial charge in [-0.15, -0.1) is 11.8 Å². The maximum absolute atomic E-state index is 12.4. The van der Waals surface area contributed by atoms with E-state index in [1.807, 2.05) is 15.9 Å². The first-order chi connectivity index (χ1) is 13.4. The van der Waals surface area contributed by atoms with Gasteiger partial charge in [-0.2, -0.15) is 0 Å². The number of carbonyl (C=O) groups excluding carboxylic acids is 1. The lowest BCUT2D eigenvalue weighted by molar-refractivity contribution is -0.385. The van der Waals surface area contributed by atoms with E-state index in [4.69, 9.17) is 23.2 Å². The largest absolute Gasteiger partial charge is 0.353 e. The number of hydrogen-bond donors (Lipinski definition) is 0. The fraction of sp³-hybridized carbons (Fsp3) is 0.333. The molecule has 1 saturated heterocycles. The molecule has 3 rings (SSSR count). The fourth-order valence-corrected chi connectivity index (χ4v) is 4.32. The van der Waals surface area contributed by atoms with Crippen LogP contribution in [0.5, 0.6) is 0 Å². The third-order valence-electron chi connectivity index (χ3n) is 4.40. The minimum Gasteiger partial charge on any atom is -0.353 e. The van der Waals surface area contributed by atoms with Crippen LogP contribution in [-0.2, 0) is 10.5 Å². The highest BCUT2D eigenvalue weighted by Gasteiger charge is 2.22. The van der Waals surface area contributed by atoms with Crippen LogP contribution in [0.25, 0.3) is 0 Å². The van der Waals surface area contributed by atoms with Crippen molar-refractivity contribution in [1.29, 1.82) is 0 Å². The van der Waals surface area contributed by atoms with Crippen LogP contribution in [0.2, 0.25) is 10.0 Å². The summed E-state index contributed by atoms with van der Waals surface area (Å²) in [5.74, 6) is 1.80. The SMILES string of the molecule is O=C(CSCc1ccc(Cl)cc1Cl)N1CCN(c2ccc([N+](=O)[O-])cn2)CC1. The Hall–Kier alpha value is -2.03. The molecule has 28 heavy (non-hydrogen) atoms. The molecule has 2 heterocycles. The Kier molecular flexibility index (Phi) is 6.98. The number of halogens is 2. The number of amides is 1. The number of rotatable bonds is 6. The monoisotopic (exact) mass is 440 g/mol. The number of carbonyl (C=O) groups is 1. The molecular weight excluding hydrogens is 423 g/mol. The van der Waals surface area contributed by atoms with Crippen LogP contribution in [0, 0.1) is 10.1 Å². The van der Waals surface area contributed by atoms with Crippen molar-refractivity contribution in [3.63, 3.8) is 0 Å². The molecule has 1 aromatic heterocycles. The molecule has 0 atom stereocenters. The molecule has 0 spiro atoms. The van der Waals surface area contributed by atoms with Gasteiger partial charge in [-0.05, 0) is 23.8 Å². The first kappa shape index (κ1) is 20.7. The van der Waals surface area contributed by atoms with Crippen molar-refractivity contribution in [1.82, 2.24) is 9.88 Å². The van der Waals surface area contributed by atoms with Gasteiger partial charge >= 0.3 is 0 Å². The summed E-state index contributed by atoms with van der Waals surface area (Å²) in [4.78, 5) is 30.7. The average Bonchev–Trinajstić information content (AvgIpc) is 2.69. The van der Waals surface area contributed by atoms with Crippen LogP contribution in [0.4, 0.5) is 11.5 Å². The lowest BCUT2D eigenvalue weighted by Gasteiger charge is -2.35. The number of nitro groups is 1. The van der Waals surface area contributed by atoms with Gasteiger partial charge in [-0.3, -0.25) is 14.9 Å². The molecule has 0 aliphatic carbocycles. The van der Waals surface area contributed by atoms with E-state index in [1.54, 1.807) is 18.2 Å². The summed E-state index contributed by atoms with van der Waals surface area (Å²) in [5, 5.41) is 11.9. The van der Waals surface area contributed by atoms with Gasteiger partial charge < -0.3 is 9.80 Å². The van der Waals surface area contributed by atoms with Gasteiger partial charge in [0.1, 0.15) is 12.0 Å². The molecule has 1 amide bonds. The molecule has 1 aromatic carbocycles. The highest BCUT2D eigenvalue weighted by Crippen LogP contribution is 2.25. The Morgan fingerprint density at radius 3 is 2.54 bits per heavy atom. The van der Waals surface area contributed by atoms with Gasteiger partial charge in [-0.25, -0.2) is 4.98 Å². The quantitative estimate of drug-likeness (QED) is 0.500. The van der Waals surface area contributed by atoms with Gasteiger partial charge in [0, 0.05) is 48.0 Å². The molecule has 1 aliphatic heterocycles. The van der Waals surface area contributed by atoms with Crippen LogP contribution in [0.15, 0.2) is 36.5 Å². The second-order valence-corrected chi connectivity index (χ2v) is 8.06. The molecule has 0 N–H and O–H groups in total. The van der Waals surface area contributed by atoms with Crippen molar-refractivity contribution in [3.05, 3.63) is 62.3 Å². The molecule has 0 radical (unpaired) electrons. The molecular formula is C18H18Cl2N4O3S. The predicted octanol–water partition coefficient (Wildman–Crippen LogP) is 3.88. The molecule has 0 bridgehead atoms. The van der Waals surface area contributed by atoms with Gasteiger partial charge in [0.25, 0.3) is 5.69 Å². The standard InChI is InChI=1S/C18H18Cl2N4O3S/c19-14-2-1-13(16(20)9-14)11-28-12-18(25)23-7-5-22(6-8-23)17-4-3-15(10-21-17)24(26)27/h1-4,9-10H,5-8,11-12H2. The van der Waals surface area contributed by atoms with Crippen LogP contribution in [0.1, 0.15) is 5.56 Å². The highest BCUT2D eigenvalue weighted by atomic mass is 35.5. The Labute approximate surface area is 176 Å². The van der Waals surface area contributed by atoms with E-state index in [-0.39, 0.29) is 11.6 Å². The average molecular weight is 441 g/mol. The van der Waals surface area contributed by atoms with Gasteiger partial charge in [0.05, 0.1) is 10.7 Å². The maximum atomic E-state index is 12.4. The van der Waals surface area contributed by atoms with Crippen molar-refractivity contribution < 1.29 is 9.72 Å². The Morgan fingerprint density at radius 2 is 1.93 bits per heavy atom. The highest BCUT2D eigenvalue weighted by molar-refractivity contribution is 7.99. The number of pyridine rings is 1. The summed E-state index contributed by atoms with van der Waals surface area (Å²) in [7, 11) is 0. The molecule has 2 aromatic rings. The summed E-state index contributed by atoms with van der Waals surface area (Å²) in [6.07, 6.45) is 1.26. The molecule has 10 heteroatoms. The third kappa shape index (κ3) is 5.27. The number of piperazine rings is 1. The van der Waals surface area contributed by atoms with E-state index < -0.39 is 4.92 Å². The summed E-state index contributed by atoms with van der Waals surface area (Å²) in [5.41, 5.74) is 0.924. The lowest BCUT2D eigenvalue weighted by Crippen LogP contribution is -2.49. The van der Waals surface area contributed by atoms with Crippen LogP contribution in [0.3, 0.4) is 0 Å². The van der Waals surface area contributed by atoms with Crippen molar-refractivity contribution in [2.45, 2.75) is 5.75 Å².